The predicted molar refractivity (Wildman–Crippen MR) is 162 cm³/mol. The fourth-order valence-corrected chi connectivity index (χ4v) is 6.66. The number of urea groups is 1. The van der Waals surface area contributed by atoms with Crippen LogP contribution in [0.5, 0.6) is 0 Å². The van der Waals surface area contributed by atoms with Crippen LogP contribution in [0.1, 0.15) is 46.2 Å². The summed E-state index contributed by atoms with van der Waals surface area (Å²) in [5.74, 6) is -4.94. The highest BCUT2D eigenvalue weighted by atomic mass is 32.2. The van der Waals surface area contributed by atoms with Crippen LogP contribution in [0.15, 0.2) is 41.6 Å². The van der Waals surface area contributed by atoms with Crippen molar-refractivity contribution >= 4 is 53.4 Å². The van der Waals surface area contributed by atoms with Crippen molar-refractivity contribution in [3.63, 3.8) is 0 Å². The van der Waals surface area contributed by atoms with E-state index in [9.17, 15) is 38.7 Å². The number of imide groups is 1. The molecule has 1 aromatic carbocycles. The van der Waals surface area contributed by atoms with Gasteiger partial charge in [-0.25, -0.2) is 9.59 Å². The van der Waals surface area contributed by atoms with E-state index in [1.807, 2.05) is 0 Å². The molecule has 16 heteroatoms. The summed E-state index contributed by atoms with van der Waals surface area (Å²) in [6, 6.07) is 5.59. The summed E-state index contributed by atoms with van der Waals surface area (Å²) in [6.45, 7) is 7.04. The maximum absolute atomic E-state index is 13.9. The number of hydrogen-bond donors (Lipinski definition) is 3. The minimum absolute atomic E-state index is 0.0877. The number of aliphatic hydroxyl groups excluding tert-OH is 1. The van der Waals surface area contributed by atoms with Crippen LogP contribution in [-0.2, 0) is 38.2 Å². The van der Waals surface area contributed by atoms with Crippen LogP contribution in [0.4, 0.5) is 4.79 Å². The van der Waals surface area contributed by atoms with Crippen molar-refractivity contribution in [3.8, 4) is 0 Å². The SMILES string of the molecule is CCN1CCN(C(=O)NC(C(=O)NC2(CO)C(=O)N3C(C(=O)OC(C)(C)C)=C(COC(C)=O)CS[C@@H]32)c2ccccc2)C(=O)C1=O. The highest BCUT2D eigenvalue weighted by Crippen LogP contribution is 2.47. The average Bonchev–Trinajstić information content (AvgIpc) is 3.01. The van der Waals surface area contributed by atoms with E-state index in [0.717, 1.165) is 21.6 Å². The number of hydrogen-bond acceptors (Lipinski definition) is 11. The van der Waals surface area contributed by atoms with Crippen molar-refractivity contribution in [2.75, 3.05) is 38.6 Å². The molecule has 0 spiro atoms. The van der Waals surface area contributed by atoms with Crippen molar-refractivity contribution in [3.05, 3.63) is 47.2 Å². The fourth-order valence-electron chi connectivity index (χ4n) is 5.21. The molecular weight excluding hydrogens is 622 g/mol. The third-order valence-corrected chi connectivity index (χ3v) is 8.93. The number of β-lactam (4-membered cyclic amide) rings is 1. The van der Waals surface area contributed by atoms with Gasteiger partial charge in [-0.15, -0.1) is 11.8 Å². The lowest BCUT2D eigenvalue weighted by Crippen LogP contribution is -2.82. The number of nitrogens with one attached hydrogen (secondary N) is 2. The zero-order chi connectivity index (χ0) is 34.0. The van der Waals surface area contributed by atoms with Crippen molar-refractivity contribution in [2.45, 2.75) is 57.2 Å². The lowest BCUT2D eigenvalue weighted by atomic mass is 9.86. The van der Waals surface area contributed by atoms with Gasteiger partial charge >= 0.3 is 29.8 Å². The number of amides is 6. The van der Waals surface area contributed by atoms with Crippen molar-refractivity contribution < 1.29 is 48.1 Å². The molecule has 0 radical (unpaired) electrons. The number of nitrogens with zero attached hydrogens (tertiary/aromatic N) is 3. The highest BCUT2D eigenvalue weighted by Gasteiger charge is 2.66. The Morgan fingerprint density at radius 3 is 2.35 bits per heavy atom. The van der Waals surface area contributed by atoms with Crippen LogP contribution in [0.2, 0.25) is 0 Å². The van der Waals surface area contributed by atoms with E-state index >= 15 is 0 Å². The molecule has 248 valence electrons. The van der Waals surface area contributed by atoms with Crippen LogP contribution in [0.3, 0.4) is 0 Å². The molecule has 3 heterocycles. The Balaban J connectivity index is 1.61. The topological polar surface area (TPSA) is 192 Å². The van der Waals surface area contributed by atoms with E-state index in [1.165, 1.54) is 11.8 Å². The largest absolute Gasteiger partial charge is 0.461 e. The van der Waals surface area contributed by atoms with Crippen LogP contribution in [0.25, 0.3) is 0 Å². The summed E-state index contributed by atoms with van der Waals surface area (Å²) in [5, 5.41) is 14.7. The van der Waals surface area contributed by atoms with E-state index < -0.39 is 70.8 Å². The second-order valence-corrected chi connectivity index (χ2v) is 12.9. The molecule has 3 atom stereocenters. The molecular formula is C30H37N5O10S. The van der Waals surface area contributed by atoms with E-state index in [0.29, 0.717) is 17.7 Å². The number of carbonyl (C=O) groups excluding carboxylic acids is 7. The number of fused-ring (bicyclic) bond motifs is 1. The molecule has 0 saturated carbocycles. The van der Waals surface area contributed by atoms with Crippen LogP contribution >= 0.6 is 11.8 Å². The Kier molecular flexibility index (Phi) is 10.1. The van der Waals surface area contributed by atoms with Gasteiger partial charge in [0.25, 0.3) is 5.91 Å². The van der Waals surface area contributed by atoms with Crippen molar-refractivity contribution in [2.24, 2.45) is 0 Å². The number of carbonyl (C=O) groups is 7. The van der Waals surface area contributed by atoms with Crippen LogP contribution in [0, 0.1) is 0 Å². The van der Waals surface area contributed by atoms with E-state index in [-0.39, 0.29) is 31.1 Å². The molecule has 15 nitrogen and oxygen atoms in total. The maximum Gasteiger partial charge on any atom is 0.355 e. The average molecular weight is 660 g/mol. The number of thioether (sulfide) groups is 1. The number of rotatable bonds is 9. The summed E-state index contributed by atoms with van der Waals surface area (Å²) >= 11 is 1.13. The molecule has 3 aliphatic heterocycles. The fraction of sp³-hybridized carbons (Fsp3) is 0.500. The first-order valence-corrected chi connectivity index (χ1v) is 15.6. The van der Waals surface area contributed by atoms with Crippen molar-refractivity contribution in [1.29, 1.82) is 0 Å². The Labute approximate surface area is 269 Å². The predicted octanol–water partition coefficient (Wildman–Crippen LogP) is 0.0493. The Morgan fingerprint density at radius 2 is 1.76 bits per heavy atom. The normalized spacial score (nSPS) is 22.1. The quantitative estimate of drug-likeness (QED) is 0.184. The van der Waals surface area contributed by atoms with Gasteiger partial charge in [-0.3, -0.25) is 33.8 Å². The van der Waals surface area contributed by atoms with E-state index in [2.05, 4.69) is 10.6 Å². The number of esters is 2. The first-order chi connectivity index (χ1) is 21.6. The lowest BCUT2D eigenvalue weighted by molar-refractivity contribution is -0.167. The molecule has 6 amide bonds. The zero-order valence-corrected chi connectivity index (χ0v) is 27.0. The standard InChI is InChI=1S/C30H37N5O10S/c1-6-33-12-13-34(24(40)23(33)39)28(43)31-20(18-10-8-7-9-11-18)22(38)32-30(16-36)26(42)35-21(25(41)45-29(3,4)5)19(14-44-17(2)37)15-46-27(30)35/h7-11,20,27,36H,6,12-16H2,1-5H3,(H,31,43)(H,32,38)/t20?,27-,30?/m1/s1. The van der Waals surface area contributed by atoms with Gasteiger partial charge in [0.2, 0.25) is 5.91 Å². The number of ether oxygens (including phenoxy) is 2. The molecule has 2 fully saturated rings. The second-order valence-electron chi connectivity index (χ2n) is 11.8. The molecule has 0 bridgehead atoms. The molecule has 4 rings (SSSR count). The third-order valence-electron chi connectivity index (χ3n) is 7.48. The Morgan fingerprint density at radius 1 is 1.09 bits per heavy atom. The second kappa shape index (κ2) is 13.5. The molecule has 2 saturated heterocycles. The maximum atomic E-state index is 13.9. The summed E-state index contributed by atoms with van der Waals surface area (Å²) < 4.78 is 10.6. The monoisotopic (exact) mass is 659 g/mol. The molecule has 0 aromatic heterocycles. The molecule has 3 aliphatic rings. The van der Waals surface area contributed by atoms with Crippen molar-refractivity contribution in [1.82, 2.24) is 25.3 Å². The molecule has 3 N–H and O–H groups in total. The summed E-state index contributed by atoms with van der Waals surface area (Å²) in [7, 11) is 0. The zero-order valence-electron chi connectivity index (χ0n) is 26.2. The van der Waals surface area contributed by atoms with Gasteiger partial charge in [-0.2, -0.15) is 0 Å². The Hall–Kier alpha value is -4.44. The lowest BCUT2D eigenvalue weighted by Gasteiger charge is -2.57. The molecule has 2 unspecified atom stereocenters. The number of likely N-dealkylation sites (N-methyl/N-ethyl adjacent to an activating group) is 1. The molecule has 46 heavy (non-hydrogen) atoms. The van der Waals surface area contributed by atoms with Gasteiger partial charge in [0.15, 0.2) is 5.54 Å². The smallest absolute Gasteiger partial charge is 0.355 e. The minimum atomic E-state index is -1.90. The Bertz CT molecular complexity index is 1480. The van der Waals surface area contributed by atoms with Crippen LogP contribution in [-0.4, -0.2) is 117 Å². The summed E-state index contributed by atoms with van der Waals surface area (Å²) in [5.41, 5.74) is -2.37. The summed E-state index contributed by atoms with van der Waals surface area (Å²) in [6.07, 6.45) is 0. The first kappa shape index (κ1) is 34.4. The van der Waals surface area contributed by atoms with Gasteiger partial charge in [0, 0.05) is 37.9 Å². The minimum Gasteiger partial charge on any atom is -0.461 e. The summed E-state index contributed by atoms with van der Waals surface area (Å²) in [4.78, 5) is 93.9. The first-order valence-electron chi connectivity index (χ1n) is 14.6. The van der Waals surface area contributed by atoms with Gasteiger partial charge in [-0.05, 0) is 33.3 Å². The van der Waals surface area contributed by atoms with Gasteiger partial charge in [0.05, 0.1) is 6.61 Å². The molecule has 0 aliphatic carbocycles. The molecule has 1 aromatic rings. The number of benzene rings is 1. The number of piperazine rings is 1. The van der Waals surface area contributed by atoms with Gasteiger partial charge in [0.1, 0.15) is 29.3 Å². The van der Waals surface area contributed by atoms with E-state index in [1.54, 1.807) is 58.0 Å². The highest BCUT2D eigenvalue weighted by molar-refractivity contribution is 8.00. The third kappa shape index (κ3) is 6.72. The number of aliphatic hydroxyl groups is 1. The van der Waals surface area contributed by atoms with E-state index in [4.69, 9.17) is 9.47 Å². The van der Waals surface area contributed by atoms with Crippen LogP contribution < -0.4 is 10.6 Å². The van der Waals surface area contributed by atoms with Gasteiger partial charge < -0.3 is 30.1 Å². The van der Waals surface area contributed by atoms with Gasteiger partial charge in [-0.1, -0.05) is 30.3 Å².